The summed E-state index contributed by atoms with van der Waals surface area (Å²) in [5.74, 6) is 0. The van der Waals surface area contributed by atoms with E-state index in [-0.39, 0.29) is 6.10 Å². The third-order valence-corrected chi connectivity index (χ3v) is 3.52. The monoisotopic (exact) mass is 231 g/mol. The zero-order valence-corrected chi connectivity index (χ0v) is 9.79. The average Bonchev–Trinajstić information content (AvgIpc) is 2.95. The summed E-state index contributed by atoms with van der Waals surface area (Å²) < 4.78 is 4.34. The summed E-state index contributed by atoms with van der Waals surface area (Å²) in [7, 11) is 0. The first kappa shape index (κ1) is 10.6. The fourth-order valence-corrected chi connectivity index (χ4v) is 2.58. The number of nitrogens with zero attached hydrogens (tertiary/aromatic N) is 3. The fourth-order valence-electron chi connectivity index (χ4n) is 2.58. The van der Waals surface area contributed by atoms with E-state index in [1.165, 1.54) is 5.69 Å². The number of imidazole rings is 1. The Kier molecular flexibility index (Phi) is 2.73. The lowest BCUT2D eigenvalue weighted by Gasteiger charge is -2.20. The molecule has 17 heavy (non-hydrogen) atoms. The van der Waals surface area contributed by atoms with E-state index in [0.29, 0.717) is 0 Å². The summed E-state index contributed by atoms with van der Waals surface area (Å²) in [5.41, 5.74) is 2.44. The number of aliphatic hydroxyl groups excluding tert-OH is 1. The van der Waals surface area contributed by atoms with Crippen LogP contribution in [0.3, 0.4) is 0 Å². The molecule has 4 nitrogen and oxygen atoms in total. The van der Waals surface area contributed by atoms with Gasteiger partial charge in [0.25, 0.3) is 0 Å². The van der Waals surface area contributed by atoms with Gasteiger partial charge < -0.3 is 14.2 Å². The minimum absolute atomic E-state index is 0.256. The van der Waals surface area contributed by atoms with Crippen molar-refractivity contribution in [3.05, 3.63) is 42.2 Å². The molecule has 0 radical (unpaired) electrons. The molecular formula is C13H17N3O. The second kappa shape index (κ2) is 4.37. The highest BCUT2D eigenvalue weighted by atomic mass is 16.3. The van der Waals surface area contributed by atoms with E-state index in [1.54, 1.807) is 6.20 Å². The van der Waals surface area contributed by atoms with Crippen molar-refractivity contribution in [2.75, 3.05) is 0 Å². The highest BCUT2D eigenvalue weighted by Gasteiger charge is 2.20. The van der Waals surface area contributed by atoms with Crippen molar-refractivity contribution < 1.29 is 5.11 Å². The Bertz CT molecular complexity index is 487. The second-order valence-electron chi connectivity index (χ2n) is 4.62. The summed E-state index contributed by atoms with van der Waals surface area (Å²) in [5, 5.41) is 9.90. The van der Waals surface area contributed by atoms with E-state index in [1.807, 2.05) is 12.5 Å². The van der Waals surface area contributed by atoms with E-state index < -0.39 is 0 Å². The van der Waals surface area contributed by atoms with Crippen LogP contribution in [0.5, 0.6) is 0 Å². The van der Waals surface area contributed by atoms with Gasteiger partial charge in [0.05, 0.1) is 12.4 Å². The van der Waals surface area contributed by atoms with Gasteiger partial charge in [0.2, 0.25) is 0 Å². The Labute approximate surface area is 101 Å². The maximum absolute atomic E-state index is 9.90. The van der Waals surface area contributed by atoms with Crippen LogP contribution in [0.25, 0.3) is 0 Å². The van der Waals surface area contributed by atoms with Crippen molar-refractivity contribution in [2.45, 2.75) is 38.5 Å². The molecule has 3 rings (SSSR count). The molecule has 0 fully saturated rings. The first-order valence-electron chi connectivity index (χ1n) is 6.16. The van der Waals surface area contributed by atoms with E-state index in [9.17, 15) is 5.11 Å². The third kappa shape index (κ3) is 2.00. The molecule has 0 aliphatic heterocycles. The largest absolute Gasteiger partial charge is 0.388 e. The van der Waals surface area contributed by atoms with Crippen LogP contribution in [0.15, 0.2) is 31.0 Å². The molecule has 1 aliphatic carbocycles. The predicted molar refractivity (Wildman–Crippen MR) is 64.6 cm³/mol. The molecule has 2 heterocycles. The molecule has 0 spiro atoms. The van der Waals surface area contributed by atoms with Gasteiger partial charge in [-0.3, -0.25) is 0 Å². The zero-order chi connectivity index (χ0) is 11.7. The van der Waals surface area contributed by atoms with Gasteiger partial charge in [0.1, 0.15) is 0 Å². The van der Waals surface area contributed by atoms with Crippen LogP contribution in [0.4, 0.5) is 0 Å². The lowest BCUT2D eigenvalue weighted by Crippen LogP contribution is -2.13. The van der Waals surface area contributed by atoms with Crippen molar-refractivity contribution in [2.24, 2.45) is 0 Å². The Hall–Kier alpha value is -1.55. The molecule has 0 saturated carbocycles. The summed E-state index contributed by atoms with van der Waals surface area (Å²) in [6, 6.07) is 2.06. The molecule has 1 aliphatic rings. The van der Waals surface area contributed by atoms with Crippen LogP contribution in [-0.4, -0.2) is 19.2 Å². The van der Waals surface area contributed by atoms with Crippen LogP contribution >= 0.6 is 0 Å². The Balaban J connectivity index is 1.75. The third-order valence-electron chi connectivity index (χ3n) is 3.52. The van der Waals surface area contributed by atoms with Crippen molar-refractivity contribution in [1.29, 1.82) is 0 Å². The van der Waals surface area contributed by atoms with Crippen LogP contribution in [0.1, 0.15) is 30.2 Å². The van der Waals surface area contributed by atoms with Crippen LogP contribution in [0, 0.1) is 0 Å². The maximum Gasteiger partial charge on any atom is 0.0946 e. The minimum Gasteiger partial charge on any atom is -0.388 e. The SMILES string of the molecule is OC1CCCc2c1ccn2CCn1ccnc1. The topological polar surface area (TPSA) is 43.0 Å². The van der Waals surface area contributed by atoms with Gasteiger partial charge in [0.15, 0.2) is 0 Å². The first-order valence-corrected chi connectivity index (χ1v) is 6.16. The van der Waals surface area contributed by atoms with Crippen molar-refractivity contribution >= 4 is 0 Å². The normalized spacial score (nSPS) is 19.2. The molecule has 4 heteroatoms. The number of aromatic nitrogens is 3. The molecule has 0 amide bonds. The molecular weight excluding hydrogens is 214 g/mol. The molecule has 2 aromatic heterocycles. The van der Waals surface area contributed by atoms with Gasteiger partial charge in [-0.15, -0.1) is 0 Å². The number of hydrogen-bond acceptors (Lipinski definition) is 2. The fraction of sp³-hybridized carbons (Fsp3) is 0.462. The standard InChI is InChI=1S/C13H17N3O/c17-13-3-1-2-12-11(13)4-6-16(12)9-8-15-7-5-14-10-15/h4-7,10,13,17H,1-3,8-9H2. The number of rotatable bonds is 3. The molecule has 1 unspecified atom stereocenters. The van der Waals surface area contributed by atoms with Gasteiger partial charge in [-0.25, -0.2) is 4.98 Å². The Morgan fingerprint density at radius 1 is 1.35 bits per heavy atom. The second-order valence-corrected chi connectivity index (χ2v) is 4.62. The first-order chi connectivity index (χ1) is 8.34. The van der Waals surface area contributed by atoms with Gasteiger partial charge in [-0.1, -0.05) is 0 Å². The summed E-state index contributed by atoms with van der Waals surface area (Å²) >= 11 is 0. The summed E-state index contributed by atoms with van der Waals surface area (Å²) in [4.78, 5) is 4.04. The van der Waals surface area contributed by atoms with Crippen LogP contribution < -0.4 is 0 Å². The van der Waals surface area contributed by atoms with E-state index in [4.69, 9.17) is 0 Å². The van der Waals surface area contributed by atoms with E-state index >= 15 is 0 Å². The average molecular weight is 231 g/mol. The molecule has 90 valence electrons. The van der Waals surface area contributed by atoms with Gasteiger partial charge in [-0.2, -0.15) is 0 Å². The van der Waals surface area contributed by atoms with E-state index in [2.05, 4.69) is 26.4 Å². The highest BCUT2D eigenvalue weighted by molar-refractivity contribution is 5.27. The summed E-state index contributed by atoms with van der Waals surface area (Å²) in [6.07, 6.45) is 10.5. The smallest absolute Gasteiger partial charge is 0.0946 e. The van der Waals surface area contributed by atoms with Gasteiger partial charge in [-0.05, 0) is 25.3 Å². The number of aliphatic hydroxyl groups is 1. The van der Waals surface area contributed by atoms with Crippen molar-refractivity contribution in [1.82, 2.24) is 14.1 Å². The lowest BCUT2D eigenvalue weighted by molar-refractivity contribution is 0.155. The molecule has 2 aromatic rings. The Morgan fingerprint density at radius 2 is 2.29 bits per heavy atom. The summed E-state index contributed by atoms with van der Waals surface area (Å²) in [6.45, 7) is 1.87. The molecule has 0 saturated heterocycles. The molecule has 0 bridgehead atoms. The zero-order valence-electron chi connectivity index (χ0n) is 9.79. The quantitative estimate of drug-likeness (QED) is 0.874. The molecule has 1 N–H and O–H groups in total. The number of aryl methyl sites for hydroxylation is 2. The van der Waals surface area contributed by atoms with Crippen molar-refractivity contribution in [3.63, 3.8) is 0 Å². The lowest BCUT2D eigenvalue weighted by atomic mass is 9.95. The van der Waals surface area contributed by atoms with Gasteiger partial charge in [0, 0.05) is 42.9 Å². The highest BCUT2D eigenvalue weighted by Crippen LogP contribution is 2.30. The van der Waals surface area contributed by atoms with Crippen LogP contribution in [0.2, 0.25) is 0 Å². The van der Waals surface area contributed by atoms with Gasteiger partial charge >= 0.3 is 0 Å². The Morgan fingerprint density at radius 3 is 3.12 bits per heavy atom. The maximum atomic E-state index is 9.90. The van der Waals surface area contributed by atoms with Crippen molar-refractivity contribution in [3.8, 4) is 0 Å². The minimum atomic E-state index is -0.256. The molecule has 0 aromatic carbocycles. The van der Waals surface area contributed by atoms with E-state index in [0.717, 1.165) is 37.9 Å². The number of hydrogen-bond donors (Lipinski definition) is 1. The number of fused-ring (bicyclic) bond motifs is 1. The van der Waals surface area contributed by atoms with Crippen LogP contribution in [-0.2, 0) is 19.5 Å². The molecule has 1 atom stereocenters. The predicted octanol–water partition coefficient (Wildman–Crippen LogP) is 1.75.